The normalized spacial score (nSPS) is 21.7. The maximum Gasteiger partial charge on any atom is 0.153 e. The molecule has 3 rings (SSSR count). The summed E-state index contributed by atoms with van der Waals surface area (Å²) in [5.74, 6) is 0. The number of aliphatic hydroxyl groups is 1. The van der Waals surface area contributed by atoms with Crippen LogP contribution in [0, 0.1) is 6.92 Å². The zero-order valence-electron chi connectivity index (χ0n) is 10.1. The summed E-state index contributed by atoms with van der Waals surface area (Å²) < 4.78 is 2.56. The lowest BCUT2D eigenvalue weighted by molar-refractivity contribution is 0.117. The number of hydrogen-bond donors (Lipinski definition) is 1. The Morgan fingerprint density at radius 1 is 1.44 bits per heavy atom. The minimum atomic E-state index is -1.57. The van der Waals surface area contributed by atoms with Gasteiger partial charge in [0.25, 0.3) is 0 Å². The van der Waals surface area contributed by atoms with Crippen molar-refractivity contribution in [2.45, 2.75) is 12.5 Å². The fourth-order valence-electron chi connectivity index (χ4n) is 2.29. The molecule has 2 radical (unpaired) electrons. The molecule has 0 amide bonds. The fraction of sp³-hybridized carbons (Fsp3) is 0.250. The van der Waals surface area contributed by atoms with Gasteiger partial charge in [-0.1, -0.05) is 6.07 Å². The lowest BCUT2D eigenvalue weighted by Gasteiger charge is -2.42. The first-order valence-corrected chi connectivity index (χ1v) is 6.33. The molecule has 2 aromatic rings. The molecule has 1 atom stereocenters. The van der Waals surface area contributed by atoms with Gasteiger partial charge in [-0.3, -0.25) is 0 Å². The largest absolute Gasteiger partial charge is 0.374 e. The first-order valence-electron chi connectivity index (χ1n) is 5.54. The molecule has 0 saturated heterocycles. The van der Waals surface area contributed by atoms with Crippen LogP contribution in [0.25, 0.3) is 5.69 Å². The Labute approximate surface area is 115 Å². The van der Waals surface area contributed by atoms with Gasteiger partial charge in [0, 0.05) is 11.5 Å². The smallest absolute Gasteiger partial charge is 0.153 e. The lowest BCUT2D eigenvalue weighted by Crippen LogP contribution is -2.49. The molecule has 0 fully saturated rings. The predicted octanol–water partition coefficient (Wildman–Crippen LogP) is 1.66. The van der Waals surface area contributed by atoms with Crippen molar-refractivity contribution in [2.75, 3.05) is 11.9 Å². The van der Waals surface area contributed by atoms with Crippen LogP contribution in [0.1, 0.15) is 11.4 Å². The number of aromatic nitrogens is 2. The van der Waals surface area contributed by atoms with Crippen molar-refractivity contribution >= 4 is 29.5 Å². The number of para-hydroxylation sites is 1. The van der Waals surface area contributed by atoms with E-state index in [-0.39, 0.29) is 0 Å². The highest BCUT2D eigenvalue weighted by atomic mass is 79.9. The second-order valence-electron chi connectivity index (χ2n) is 4.48. The molecule has 0 saturated carbocycles. The molecule has 0 aliphatic carbocycles. The standard InChI is InChI=1S/C12H11BBrN3O/c1-7-6-10-12(13,18)16(2)11-8(14)4-3-5-9(11)17(10)15-7/h3-6,18H,1-2H3. The number of rotatable bonds is 0. The van der Waals surface area contributed by atoms with Crippen molar-refractivity contribution in [1.29, 1.82) is 0 Å². The van der Waals surface area contributed by atoms with Gasteiger partial charge in [0.1, 0.15) is 5.62 Å². The molecule has 18 heavy (non-hydrogen) atoms. The van der Waals surface area contributed by atoms with Crippen LogP contribution < -0.4 is 4.90 Å². The Bertz CT molecular complexity index is 638. The third-order valence-electron chi connectivity index (χ3n) is 3.25. The zero-order valence-corrected chi connectivity index (χ0v) is 11.6. The average Bonchev–Trinajstić information content (AvgIpc) is 2.69. The lowest BCUT2D eigenvalue weighted by atomic mass is 9.84. The molecule has 2 heterocycles. The summed E-state index contributed by atoms with van der Waals surface area (Å²) in [6, 6.07) is 7.58. The average molecular weight is 304 g/mol. The van der Waals surface area contributed by atoms with E-state index in [1.165, 1.54) is 0 Å². The van der Waals surface area contributed by atoms with Gasteiger partial charge >= 0.3 is 0 Å². The van der Waals surface area contributed by atoms with Crippen LogP contribution in [0.5, 0.6) is 0 Å². The minimum absolute atomic E-state index is 0.563. The summed E-state index contributed by atoms with van der Waals surface area (Å²) in [5, 5.41) is 14.9. The van der Waals surface area contributed by atoms with Crippen molar-refractivity contribution in [3.05, 3.63) is 40.1 Å². The molecule has 4 nitrogen and oxygen atoms in total. The van der Waals surface area contributed by atoms with E-state index in [0.717, 1.165) is 21.5 Å². The van der Waals surface area contributed by atoms with Crippen LogP contribution in [0.3, 0.4) is 0 Å². The predicted molar refractivity (Wildman–Crippen MR) is 74.1 cm³/mol. The Kier molecular flexibility index (Phi) is 2.37. The molecule has 6 heteroatoms. The van der Waals surface area contributed by atoms with Gasteiger partial charge in [0.15, 0.2) is 7.85 Å². The fourth-order valence-corrected chi connectivity index (χ4v) is 2.92. The Morgan fingerprint density at radius 3 is 2.89 bits per heavy atom. The van der Waals surface area contributed by atoms with Crippen LogP contribution >= 0.6 is 15.9 Å². The highest BCUT2D eigenvalue weighted by Crippen LogP contribution is 2.42. The van der Waals surface area contributed by atoms with Crippen LogP contribution in [0.4, 0.5) is 5.69 Å². The first-order chi connectivity index (χ1) is 8.43. The van der Waals surface area contributed by atoms with Crippen LogP contribution in [-0.4, -0.2) is 29.8 Å². The molecular formula is C12H11BBrN3O. The molecular weight excluding hydrogens is 293 g/mol. The maximum atomic E-state index is 10.5. The molecule has 1 N–H and O–H groups in total. The highest BCUT2D eigenvalue weighted by Gasteiger charge is 2.38. The van der Waals surface area contributed by atoms with E-state index in [4.69, 9.17) is 7.85 Å². The topological polar surface area (TPSA) is 41.3 Å². The summed E-state index contributed by atoms with van der Waals surface area (Å²) >= 11 is 3.48. The molecule has 1 aromatic heterocycles. The molecule has 1 aliphatic heterocycles. The first kappa shape index (κ1) is 11.8. The number of hydrogen-bond acceptors (Lipinski definition) is 3. The van der Waals surface area contributed by atoms with E-state index in [1.807, 2.05) is 25.1 Å². The van der Waals surface area contributed by atoms with E-state index in [9.17, 15) is 5.11 Å². The molecule has 0 spiro atoms. The van der Waals surface area contributed by atoms with Gasteiger partial charge in [0.05, 0.1) is 22.8 Å². The SMILES string of the molecule is [B]C1(O)c2cc(C)nn2-c2cccc(Br)c2N1C. The maximum absolute atomic E-state index is 10.5. The molecule has 1 aromatic carbocycles. The summed E-state index contributed by atoms with van der Waals surface area (Å²) in [5.41, 5.74) is 1.52. The van der Waals surface area contributed by atoms with Crippen LogP contribution in [-0.2, 0) is 5.62 Å². The summed E-state index contributed by atoms with van der Waals surface area (Å²) in [6.07, 6.45) is 0. The van der Waals surface area contributed by atoms with E-state index in [1.54, 1.807) is 22.7 Å². The second-order valence-corrected chi connectivity index (χ2v) is 5.33. The van der Waals surface area contributed by atoms with E-state index >= 15 is 0 Å². The van der Waals surface area contributed by atoms with Gasteiger partial charge in [-0.05, 0) is 41.1 Å². The van der Waals surface area contributed by atoms with Crippen molar-refractivity contribution < 1.29 is 5.11 Å². The highest BCUT2D eigenvalue weighted by molar-refractivity contribution is 9.10. The van der Waals surface area contributed by atoms with Crippen LogP contribution in [0.2, 0.25) is 0 Å². The van der Waals surface area contributed by atoms with E-state index in [0.29, 0.717) is 5.69 Å². The third kappa shape index (κ3) is 1.39. The minimum Gasteiger partial charge on any atom is -0.374 e. The van der Waals surface area contributed by atoms with Gasteiger partial charge in [-0.15, -0.1) is 0 Å². The van der Waals surface area contributed by atoms with E-state index < -0.39 is 5.62 Å². The summed E-state index contributed by atoms with van der Waals surface area (Å²) in [4.78, 5) is 1.64. The Morgan fingerprint density at radius 2 is 2.17 bits per heavy atom. The van der Waals surface area contributed by atoms with Crippen LogP contribution in [0.15, 0.2) is 28.7 Å². The van der Waals surface area contributed by atoms with E-state index in [2.05, 4.69) is 21.0 Å². The van der Waals surface area contributed by atoms with Gasteiger partial charge < -0.3 is 10.0 Å². The zero-order chi connectivity index (χ0) is 13.1. The Hall–Kier alpha value is -1.27. The van der Waals surface area contributed by atoms with Crippen molar-refractivity contribution in [3.8, 4) is 5.69 Å². The van der Waals surface area contributed by atoms with Crippen molar-refractivity contribution in [2.24, 2.45) is 0 Å². The van der Waals surface area contributed by atoms with Gasteiger partial charge in [-0.2, -0.15) is 5.10 Å². The number of halogens is 1. The summed E-state index contributed by atoms with van der Waals surface area (Å²) in [6.45, 7) is 1.87. The molecule has 90 valence electrons. The van der Waals surface area contributed by atoms with Crippen molar-refractivity contribution in [1.82, 2.24) is 9.78 Å². The molecule has 0 bridgehead atoms. The number of anilines is 1. The number of aryl methyl sites for hydroxylation is 1. The quantitative estimate of drug-likeness (QED) is 0.753. The van der Waals surface area contributed by atoms with Gasteiger partial charge in [-0.25, -0.2) is 4.68 Å². The second kappa shape index (κ2) is 3.62. The Balaban J connectivity index is 2.40. The number of benzene rings is 1. The monoisotopic (exact) mass is 303 g/mol. The summed E-state index contributed by atoms with van der Waals surface area (Å²) in [7, 11) is 7.79. The molecule has 1 aliphatic rings. The van der Waals surface area contributed by atoms with Crippen molar-refractivity contribution in [3.63, 3.8) is 0 Å². The number of nitrogens with zero attached hydrogens (tertiary/aromatic N) is 3. The third-order valence-corrected chi connectivity index (χ3v) is 3.89. The van der Waals surface area contributed by atoms with Gasteiger partial charge in [0.2, 0.25) is 0 Å². The number of fused-ring (bicyclic) bond motifs is 3. The molecule has 1 unspecified atom stereocenters.